The first kappa shape index (κ1) is 21.3. The molecule has 8 nitrogen and oxygen atoms in total. The fourth-order valence-corrected chi connectivity index (χ4v) is 2.58. The van der Waals surface area contributed by atoms with Gasteiger partial charge in [-0.1, -0.05) is 17.7 Å². The van der Waals surface area contributed by atoms with Crippen LogP contribution in [0, 0.1) is 0 Å². The van der Waals surface area contributed by atoms with Crippen molar-refractivity contribution in [1.82, 2.24) is 5.32 Å². The summed E-state index contributed by atoms with van der Waals surface area (Å²) < 4.78 is 15.4. The van der Waals surface area contributed by atoms with Gasteiger partial charge in [0.2, 0.25) is 0 Å². The van der Waals surface area contributed by atoms with E-state index in [1.165, 1.54) is 27.4 Å². The molecule has 2 amide bonds. The van der Waals surface area contributed by atoms with Crippen LogP contribution in [0.25, 0.3) is 0 Å². The lowest BCUT2D eigenvalue weighted by Crippen LogP contribution is -2.37. The highest BCUT2D eigenvalue weighted by atomic mass is 35.5. The van der Waals surface area contributed by atoms with Crippen molar-refractivity contribution in [2.24, 2.45) is 0 Å². The Balaban J connectivity index is 1.98. The van der Waals surface area contributed by atoms with E-state index in [0.717, 1.165) is 0 Å². The van der Waals surface area contributed by atoms with Gasteiger partial charge < -0.3 is 30.0 Å². The molecule has 0 saturated heterocycles. The SMILES string of the molecule is COc1ccc(Cl)cc1NC(=O)C(=O)NCC(O)c1ccc(OC)c(OC)c1. The second-order valence-corrected chi connectivity index (χ2v) is 6.08. The molecule has 1 unspecified atom stereocenters. The van der Waals surface area contributed by atoms with Crippen LogP contribution in [0.2, 0.25) is 5.02 Å². The Morgan fingerprint density at radius 2 is 1.61 bits per heavy atom. The molecule has 150 valence electrons. The van der Waals surface area contributed by atoms with E-state index in [2.05, 4.69) is 10.6 Å². The normalized spacial score (nSPS) is 11.3. The maximum absolute atomic E-state index is 12.1. The van der Waals surface area contributed by atoms with E-state index in [1.54, 1.807) is 30.3 Å². The molecule has 3 N–H and O–H groups in total. The van der Waals surface area contributed by atoms with Crippen LogP contribution < -0.4 is 24.8 Å². The lowest BCUT2D eigenvalue weighted by molar-refractivity contribution is -0.136. The fourth-order valence-electron chi connectivity index (χ4n) is 2.40. The van der Waals surface area contributed by atoms with Crippen LogP contribution in [0.3, 0.4) is 0 Å². The minimum atomic E-state index is -1.04. The highest BCUT2D eigenvalue weighted by Gasteiger charge is 2.18. The van der Waals surface area contributed by atoms with Gasteiger partial charge in [-0.2, -0.15) is 0 Å². The van der Waals surface area contributed by atoms with E-state index < -0.39 is 17.9 Å². The Labute approximate surface area is 167 Å². The first-order valence-corrected chi connectivity index (χ1v) is 8.60. The number of methoxy groups -OCH3 is 3. The summed E-state index contributed by atoms with van der Waals surface area (Å²) >= 11 is 5.89. The molecule has 0 aromatic heterocycles. The Hall–Kier alpha value is -2.97. The van der Waals surface area contributed by atoms with E-state index in [1.807, 2.05) is 0 Å². The maximum atomic E-state index is 12.1. The first-order valence-electron chi connectivity index (χ1n) is 8.22. The van der Waals surface area contributed by atoms with Crippen LogP contribution in [0.4, 0.5) is 5.69 Å². The number of amides is 2. The lowest BCUT2D eigenvalue weighted by atomic mass is 10.1. The molecule has 0 aliphatic carbocycles. The second-order valence-electron chi connectivity index (χ2n) is 5.64. The van der Waals surface area contributed by atoms with Gasteiger partial charge in [0.1, 0.15) is 5.75 Å². The van der Waals surface area contributed by atoms with E-state index in [9.17, 15) is 14.7 Å². The van der Waals surface area contributed by atoms with E-state index in [-0.39, 0.29) is 12.2 Å². The smallest absolute Gasteiger partial charge is 0.313 e. The topological polar surface area (TPSA) is 106 Å². The van der Waals surface area contributed by atoms with Gasteiger partial charge in [0.15, 0.2) is 11.5 Å². The number of halogens is 1. The molecule has 0 radical (unpaired) electrons. The van der Waals surface area contributed by atoms with Crippen LogP contribution in [0.15, 0.2) is 36.4 Å². The standard InChI is InChI=1S/C19H21ClN2O6/c1-26-15-7-5-12(20)9-13(15)22-19(25)18(24)21-10-14(23)11-4-6-16(27-2)17(8-11)28-3/h4-9,14,23H,10H2,1-3H3,(H,21,24)(H,22,25). The van der Waals surface area contributed by atoms with Crippen molar-refractivity contribution in [1.29, 1.82) is 0 Å². The summed E-state index contributed by atoms with van der Waals surface area (Å²) in [5.41, 5.74) is 0.755. The molecule has 0 heterocycles. The number of benzene rings is 2. The molecule has 0 saturated carbocycles. The molecule has 2 aromatic rings. The number of rotatable bonds is 7. The number of nitrogens with one attached hydrogen (secondary N) is 2. The number of carbonyl (C=O) groups is 2. The Morgan fingerprint density at radius 1 is 0.964 bits per heavy atom. The number of aliphatic hydroxyl groups excluding tert-OH is 1. The lowest BCUT2D eigenvalue weighted by Gasteiger charge is -2.15. The van der Waals surface area contributed by atoms with Crippen molar-refractivity contribution in [2.75, 3.05) is 33.2 Å². The van der Waals surface area contributed by atoms with Gasteiger partial charge in [0.05, 0.1) is 33.1 Å². The van der Waals surface area contributed by atoms with Gasteiger partial charge in [-0.3, -0.25) is 9.59 Å². The first-order chi connectivity index (χ1) is 13.4. The third-order valence-corrected chi connectivity index (χ3v) is 4.10. The Morgan fingerprint density at radius 3 is 2.25 bits per heavy atom. The highest BCUT2D eigenvalue weighted by Crippen LogP contribution is 2.30. The van der Waals surface area contributed by atoms with Crippen LogP contribution in [-0.2, 0) is 9.59 Å². The minimum Gasteiger partial charge on any atom is -0.495 e. The predicted molar refractivity (Wildman–Crippen MR) is 104 cm³/mol. The summed E-state index contributed by atoms with van der Waals surface area (Å²) in [5.74, 6) is -0.522. The van der Waals surface area contributed by atoms with E-state index in [0.29, 0.717) is 27.8 Å². The van der Waals surface area contributed by atoms with Crippen molar-refractivity contribution < 1.29 is 28.9 Å². The second kappa shape index (κ2) is 9.82. The molecular formula is C19H21ClN2O6. The molecule has 0 bridgehead atoms. The monoisotopic (exact) mass is 408 g/mol. The Bertz CT molecular complexity index is 858. The van der Waals surface area contributed by atoms with Crippen molar-refractivity contribution in [3.63, 3.8) is 0 Å². The van der Waals surface area contributed by atoms with Crippen LogP contribution >= 0.6 is 11.6 Å². The summed E-state index contributed by atoms with van der Waals surface area (Å²) in [6.45, 7) is -0.172. The summed E-state index contributed by atoms with van der Waals surface area (Å²) in [4.78, 5) is 24.1. The van der Waals surface area contributed by atoms with Crippen molar-refractivity contribution in [2.45, 2.75) is 6.10 Å². The molecule has 0 aliphatic heterocycles. The predicted octanol–water partition coefficient (Wildman–Crippen LogP) is 2.15. The molecule has 1 atom stereocenters. The number of carbonyl (C=O) groups excluding carboxylic acids is 2. The average Bonchev–Trinajstić information content (AvgIpc) is 2.71. The molecule has 28 heavy (non-hydrogen) atoms. The van der Waals surface area contributed by atoms with E-state index >= 15 is 0 Å². The maximum Gasteiger partial charge on any atom is 0.313 e. The molecule has 2 rings (SSSR count). The highest BCUT2D eigenvalue weighted by molar-refractivity contribution is 6.40. The van der Waals surface area contributed by atoms with Gasteiger partial charge >= 0.3 is 11.8 Å². The third kappa shape index (κ3) is 5.28. The van der Waals surface area contributed by atoms with Gasteiger partial charge in [0.25, 0.3) is 0 Å². The Kier molecular flexibility index (Phi) is 7.48. The summed E-state index contributed by atoms with van der Waals surface area (Å²) in [6, 6.07) is 9.48. The summed E-state index contributed by atoms with van der Waals surface area (Å²) in [5, 5.41) is 15.4. The van der Waals surface area contributed by atoms with Gasteiger partial charge in [-0.25, -0.2) is 0 Å². The minimum absolute atomic E-state index is 0.172. The number of anilines is 1. The number of aliphatic hydroxyl groups is 1. The van der Waals surface area contributed by atoms with Crippen molar-refractivity contribution in [3.05, 3.63) is 47.0 Å². The van der Waals surface area contributed by atoms with Crippen molar-refractivity contribution >= 4 is 29.1 Å². The van der Waals surface area contributed by atoms with Crippen LogP contribution in [0.1, 0.15) is 11.7 Å². The summed E-state index contributed by atoms with van der Waals surface area (Å²) in [7, 11) is 4.41. The van der Waals surface area contributed by atoms with Gasteiger partial charge in [-0.15, -0.1) is 0 Å². The quantitative estimate of drug-likeness (QED) is 0.606. The van der Waals surface area contributed by atoms with Gasteiger partial charge in [0, 0.05) is 11.6 Å². The number of ether oxygens (including phenoxy) is 3. The molecular weight excluding hydrogens is 388 g/mol. The average molecular weight is 409 g/mol. The van der Waals surface area contributed by atoms with Crippen LogP contribution in [-0.4, -0.2) is 44.8 Å². The molecule has 0 spiro atoms. The van der Waals surface area contributed by atoms with Crippen LogP contribution in [0.5, 0.6) is 17.2 Å². The van der Waals surface area contributed by atoms with E-state index in [4.69, 9.17) is 25.8 Å². The zero-order valence-electron chi connectivity index (χ0n) is 15.6. The third-order valence-electron chi connectivity index (χ3n) is 3.86. The fraction of sp³-hybridized carbons (Fsp3) is 0.263. The molecule has 2 aromatic carbocycles. The molecule has 9 heteroatoms. The number of hydrogen-bond donors (Lipinski definition) is 3. The van der Waals surface area contributed by atoms with Gasteiger partial charge in [-0.05, 0) is 35.9 Å². The summed E-state index contributed by atoms with van der Waals surface area (Å²) in [6.07, 6.45) is -1.04. The zero-order chi connectivity index (χ0) is 20.7. The largest absolute Gasteiger partial charge is 0.495 e. The zero-order valence-corrected chi connectivity index (χ0v) is 16.4. The molecule has 0 aliphatic rings. The number of hydrogen-bond acceptors (Lipinski definition) is 6. The van der Waals surface area contributed by atoms with Crippen molar-refractivity contribution in [3.8, 4) is 17.2 Å². The molecule has 0 fully saturated rings.